The first-order chi connectivity index (χ1) is 7.27. The van der Waals surface area contributed by atoms with Gasteiger partial charge in [-0.1, -0.05) is 35.5 Å². The summed E-state index contributed by atoms with van der Waals surface area (Å²) < 4.78 is 1.03. The highest BCUT2D eigenvalue weighted by Crippen LogP contribution is 2.33. The number of benzene rings is 1. The minimum atomic E-state index is 0.747. The van der Waals surface area contributed by atoms with Crippen molar-refractivity contribution in [2.45, 2.75) is 9.92 Å². The number of hydrogen-bond acceptors (Lipinski definition) is 3. The van der Waals surface area contributed by atoms with E-state index < -0.39 is 0 Å². The lowest BCUT2D eigenvalue weighted by molar-refractivity contribution is 1.02. The van der Waals surface area contributed by atoms with Crippen LogP contribution in [0.15, 0.2) is 46.7 Å². The zero-order chi connectivity index (χ0) is 10.7. The second kappa shape index (κ2) is 5.14. The van der Waals surface area contributed by atoms with E-state index in [0.717, 1.165) is 18.5 Å². The van der Waals surface area contributed by atoms with Crippen molar-refractivity contribution in [3.8, 4) is 0 Å². The molecule has 0 spiro atoms. The zero-order valence-corrected chi connectivity index (χ0v) is 11.3. The molecule has 0 saturated heterocycles. The van der Waals surface area contributed by atoms with Gasteiger partial charge in [-0.05, 0) is 34.7 Å². The van der Waals surface area contributed by atoms with Crippen molar-refractivity contribution < 1.29 is 0 Å². The van der Waals surface area contributed by atoms with Crippen molar-refractivity contribution in [3.63, 3.8) is 0 Å². The van der Waals surface area contributed by atoms with Gasteiger partial charge in [-0.25, -0.2) is 9.97 Å². The Hall–Kier alpha value is -0.330. The maximum Gasteiger partial charge on any atom is 0.118 e. The van der Waals surface area contributed by atoms with E-state index in [-0.39, 0.29) is 0 Å². The molecule has 0 aliphatic rings. The monoisotopic (exact) mass is 348 g/mol. The van der Waals surface area contributed by atoms with Crippen LogP contribution in [0.25, 0.3) is 0 Å². The van der Waals surface area contributed by atoms with Crippen LogP contribution in [-0.4, -0.2) is 9.97 Å². The molecule has 1 heterocycles. The van der Waals surface area contributed by atoms with E-state index in [9.17, 15) is 0 Å². The summed E-state index contributed by atoms with van der Waals surface area (Å²) in [5, 5.41) is 1.68. The minimum absolute atomic E-state index is 0.747. The van der Waals surface area contributed by atoms with Gasteiger partial charge in [0, 0.05) is 11.1 Å². The molecule has 0 aliphatic carbocycles. The van der Waals surface area contributed by atoms with Crippen LogP contribution in [0.4, 0.5) is 0 Å². The standard InChI is InChI=1S/C10H6ClIN2S/c11-7-3-1-2-4-9(7)15-10-8(12)5-13-6-14-10/h1-6H. The molecule has 0 N–H and O–H groups in total. The molecule has 2 aromatic rings. The highest BCUT2D eigenvalue weighted by Gasteiger charge is 2.05. The summed E-state index contributed by atoms with van der Waals surface area (Å²) >= 11 is 9.82. The van der Waals surface area contributed by atoms with Gasteiger partial charge in [-0.2, -0.15) is 0 Å². The van der Waals surface area contributed by atoms with Crippen molar-refractivity contribution >= 4 is 46.0 Å². The summed E-state index contributed by atoms with van der Waals surface area (Å²) in [6, 6.07) is 7.72. The number of hydrogen-bond donors (Lipinski definition) is 0. The average molecular weight is 349 g/mol. The van der Waals surface area contributed by atoms with Gasteiger partial charge >= 0.3 is 0 Å². The second-order valence-electron chi connectivity index (χ2n) is 2.71. The minimum Gasteiger partial charge on any atom is -0.244 e. The van der Waals surface area contributed by atoms with E-state index in [1.54, 1.807) is 24.3 Å². The molecule has 0 fully saturated rings. The lowest BCUT2D eigenvalue weighted by atomic mass is 10.4. The molecule has 15 heavy (non-hydrogen) atoms. The van der Waals surface area contributed by atoms with E-state index in [4.69, 9.17) is 11.6 Å². The number of rotatable bonds is 2. The van der Waals surface area contributed by atoms with E-state index in [2.05, 4.69) is 32.6 Å². The average Bonchev–Trinajstić information content (AvgIpc) is 2.24. The molecular weight excluding hydrogens is 343 g/mol. The van der Waals surface area contributed by atoms with Gasteiger partial charge in [0.25, 0.3) is 0 Å². The number of nitrogens with zero attached hydrogens (tertiary/aromatic N) is 2. The Morgan fingerprint density at radius 3 is 2.80 bits per heavy atom. The van der Waals surface area contributed by atoms with Gasteiger partial charge in [-0.3, -0.25) is 0 Å². The maximum absolute atomic E-state index is 6.06. The molecule has 0 aliphatic heterocycles. The third-order valence-electron chi connectivity index (χ3n) is 1.68. The van der Waals surface area contributed by atoms with Crippen LogP contribution in [0.3, 0.4) is 0 Å². The van der Waals surface area contributed by atoms with Crippen molar-refractivity contribution in [3.05, 3.63) is 45.4 Å². The van der Waals surface area contributed by atoms with Crippen molar-refractivity contribution in [2.24, 2.45) is 0 Å². The van der Waals surface area contributed by atoms with Crippen LogP contribution in [-0.2, 0) is 0 Å². The quantitative estimate of drug-likeness (QED) is 0.608. The molecule has 5 heteroatoms. The first kappa shape index (κ1) is 11.2. The molecular formula is C10H6ClIN2S. The summed E-state index contributed by atoms with van der Waals surface area (Å²) in [6.45, 7) is 0. The summed E-state index contributed by atoms with van der Waals surface area (Å²) in [6.07, 6.45) is 3.33. The zero-order valence-electron chi connectivity index (χ0n) is 7.52. The van der Waals surface area contributed by atoms with Gasteiger partial charge < -0.3 is 0 Å². The Morgan fingerprint density at radius 1 is 1.27 bits per heavy atom. The topological polar surface area (TPSA) is 25.8 Å². The summed E-state index contributed by atoms with van der Waals surface area (Å²) in [7, 11) is 0. The van der Waals surface area contributed by atoms with E-state index >= 15 is 0 Å². The van der Waals surface area contributed by atoms with Crippen LogP contribution in [0.2, 0.25) is 5.02 Å². The Labute approximate surface area is 111 Å². The van der Waals surface area contributed by atoms with E-state index in [1.165, 1.54) is 0 Å². The fourth-order valence-electron chi connectivity index (χ4n) is 1.01. The molecule has 2 rings (SSSR count). The van der Waals surface area contributed by atoms with Crippen LogP contribution >= 0.6 is 46.0 Å². The second-order valence-corrected chi connectivity index (χ2v) is 5.31. The Morgan fingerprint density at radius 2 is 2.07 bits per heavy atom. The van der Waals surface area contributed by atoms with Gasteiger partial charge in [-0.15, -0.1) is 0 Å². The highest BCUT2D eigenvalue weighted by molar-refractivity contribution is 14.1. The largest absolute Gasteiger partial charge is 0.244 e. The van der Waals surface area contributed by atoms with Crippen LogP contribution in [0, 0.1) is 3.57 Å². The number of aromatic nitrogens is 2. The van der Waals surface area contributed by atoms with Crippen molar-refractivity contribution in [1.29, 1.82) is 0 Å². The molecule has 1 aromatic carbocycles. The fourth-order valence-corrected chi connectivity index (χ4v) is 2.66. The maximum atomic E-state index is 6.06. The predicted octanol–water partition coefficient (Wildman–Crippen LogP) is 3.89. The Balaban J connectivity index is 2.30. The first-order valence-corrected chi connectivity index (χ1v) is 6.42. The first-order valence-electron chi connectivity index (χ1n) is 4.15. The number of halogens is 2. The molecule has 1 aromatic heterocycles. The molecule has 0 saturated carbocycles. The lowest BCUT2D eigenvalue weighted by Crippen LogP contribution is -1.86. The molecule has 0 unspecified atom stereocenters. The van der Waals surface area contributed by atoms with Crippen molar-refractivity contribution in [2.75, 3.05) is 0 Å². The van der Waals surface area contributed by atoms with E-state index in [0.29, 0.717) is 0 Å². The molecule has 0 atom stereocenters. The molecule has 2 nitrogen and oxygen atoms in total. The van der Waals surface area contributed by atoms with Gasteiger partial charge in [0.1, 0.15) is 11.4 Å². The molecule has 0 radical (unpaired) electrons. The van der Waals surface area contributed by atoms with Crippen LogP contribution in [0.5, 0.6) is 0 Å². The molecule has 0 bridgehead atoms. The third kappa shape index (κ3) is 2.83. The SMILES string of the molecule is Clc1ccccc1Sc1ncncc1I. The van der Waals surface area contributed by atoms with Gasteiger partial charge in [0.15, 0.2) is 0 Å². The smallest absolute Gasteiger partial charge is 0.118 e. The third-order valence-corrected chi connectivity index (χ3v) is 4.37. The summed E-state index contributed by atoms with van der Waals surface area (Å²) in [4.78, 5) is 9.15. The Bertz CT molecular complexity index is 435. The lowest BCUT2D eigenvalue weighted by Gasteiger charge is -2.03. The van der Waals surface area contributed by atoms with Crippen LogP contribution in [0.1, 0.15) is 0 Å². The van der Waals surface area contributed by atoms with Crippen LogP contribution < -0.4 is 0 Å². The highest BCUT2D eigenvalue weighted by atomic mass is 127. The summed E-state index contributed by atoms with van der Waals surface area (Å²) in [5.74, 6) is 0. The molecule has 76 valence electrons. The van der Waals surface area contributed by atoms with Gasteiger partial charge in [0.2, 0.25) is 0 Å². The summed E-state index contributed by atoms with van der Waals surface area (Å²) in [5.41, 5.74) is 0. The molecule has 0 amide bonds. The fraction of sp³-hybridized carbons (Fsp3) is 0. The normalized spacial score (nSPS) is 10.3. The Kier molecular flexibility index (Phi) is 3.82. The predicted molar refractivity (Wildman–Crippen MR) is 70.3 cm³/mol. The van der Waals surface area contributed by atoms with Crippen molar-refractivity contribution in [1.82, 2.24) is 9.97 Å². The van der Waals surface area contributed by atoms with Gasteiger partial charge in [0.05, 0.1) is 8.59 Å². The van der Waals surface area contributed by atoms with E-state index in [1.807, 2.05) is 24.3 Å².